The maximum absolute atomic E-state index is 13.2. The molecule has 2 aromatic carbocycles. The van der Waals surface area contributed by atoms with Gasteiger partial charge in [-0.25, -0.2) is 0 Å². The van der Waals surface area contributed by atoms with Crippen LogP contribution in [0.3, 0.4) is 0 Å². The monoisotopic (exact) mass is 538 g/mol. The Morgan fingerprint density at radius 1 is 1.05 bits per heavy atom. The van der Waals surface area contributed by atoms with E-state index < -0.39 is 38.1 Å². The molecule has 37 heavy (non-hydrogen) atoms. The molecule has 0 spiro atoms. The van der Waals surface area contributed by atoms with E-state index >= 15 is 0 Å². The number of likely N-dealkylation sites (tertiary alicyclic amines) is 1. The summed E-state index contributed by atoms with van der Waals surface area (Å²) in [5.41, 5.74) is -0.486. The van der Waals surface area contributed by atoms with Crippen molar-refractivity contribution < 1.29 is 36.7 Å². The summed E-state index contributed by atoms with van der Waals surface area (Å²) in [6.45, 7) is 10.4. The van der Waals surface area contributed by atoms with Crippen LogP contribution in [0.1, 0.15) is 32.8 Å². The summed E-state index contributed by atoms with van der Waals surface area (Å²) in [5.74, 6) is 0.181. The Hall–Kier alpha value is -3.05. The molecule has 2 aromatic rings. The van der Waals surface area contributed by atoms with Crippen molar-refractivity contribution in [1.82, 2.24) is 4.90 Å². The highest BCUT2D eigenvalue weighted by atomic mass is 28.4. The third-order valence-electron chi connectivity index (χ3n) is 6.92. The van der Waals surface area contributed by atoms with Crippen LogP contribution in [-0.2, 0) is 20.2 Å². The van der Waals surface area contributed by atoms with E-state index in [2.05, 4.69) is 39.2 Å². The van der Waals surface area contributed by atoms with Gasteiger partial charge >= 0.3 is 6.18 Å². The summed E-state index contributed by atoms with van der Waals surface area (Å²) in [6, 6.07) is 8.19. The van der Waals surface area contributed by atoms with Gasteiger partial charge in [-0.2, -0.15) is 13.2 Å². The van der Waals surface area contributed by atoms with Crippen molar-refractivity contribution in [3.05, 3.63) is 48.0 Å². The highest BCUT2D eigenvalue weighted by Crippen LogP contribution is 2.39. The topological polar surface area (TPSA) is 77.1 Å². The van der Waals surface area contributed by atoms with E-state index in [-0.39, 0.29) is 28.9 Å². The van der Waals surface area contributed by atoms with Crippen LogP contribution in [0, 0.1) is 0 Å². The van der Waals surface area contributed by atoms with Gasteiger partial charge in [-0.05, 0) is 54.5 Å². The van der Waals surface area contributed by atoms with E-state index in [0.717, 1.165) is 12.1 Å². The van der Waals surface area contributed by atoms with Gasteiger partial charge in [-0.15, -0.1) is 0 Å². The number of nitrogens with one attached hydrogen (secondary N) is 1. The lowest BCUT2D eigenvalue weighted by molar-refractivity contribution is -0.137. The van der Waals surface area contributed by atoms with Gasteiger partial charge in [0, 0.05) is 19.5 Å². The SMILES string of the molecule is COc1ccc(Oc2ccc(C(F)(F)F)cc2)cc1NC(=O)[C@@H]1C[C@H](O[Si](C)(C)C(C)(C)C)C(=O)N1C. The first kappa shape index (κ1) is 28.5. The predicted molar refractivity (Wildman–Crippen MR) is 136 cm³/mol. The number of nitrogens with zero attached hydrogens (tertiary/aromatic N) is 1. The number of methoxy groups -OCH3 is 1. The molecule has 0 radical (unpaired) electrons. The van der Waals surface area contributed by atoms with Crippen molar-refractivity contribution >= 4 is 25.8 Å². The van der Waals surface area contributed by atoms with Crippen molar-refractivity contribution in [2.45, 2.75) is 63.6 Å². The van der Waals surface area contributed by atoms with E-state index in [1.165, 1.54) is 30.2 Å². The molecule has 0 bridgehead atoms. The second kappa shape index (κ2) is 10.4. The maximum Gasteiger partial charge on any atom is 0.416 e. The number of ether oxygens (including phenoxy) is 2. The Morgan fingerprint density at radius 3 is 2.19 bits per heavy atom. The molecule has 2 atom stereocenters. The molecule has 202 valence electrons. The van der Waals surface area contributed by atoms with Gasteiger partial charge in [0.1, 0.15) is 29.4 Å². The molecular formula is C26H33F3N2O5Si. The number of anilines is 1. The van der Waals surface area contributed by atoms with E-state index in [4.69, 9.17) is 13.9 Å². The fourth-order valence-electron chi connectivity index (χ4n) is 3.67. The Kier molecular flexibility index (Phi) is 7.99. The molecule has 0 unspecified atom stereocenters. The van der Waals surface area contributed by atoms with Crippen LogP contribution in [0.2, 0.25) is 18.1 Å². The zero-order valence-corrected chi connectivity index (χ0v) is 23.0. The van der Waals surface area contributed by atoms with Gasteiger partial charge in [0.25, 0.3) is 5.91 Å². The molecule has 1 aliphatic heterocycles. The van der Waals surface area contributed by atoms with E-state index in [0.29, 0.717) is 11.4 Å². The predicted octanol–water partition coefficient (Wildman–Crippen LogP) is 6.07. The third kappa shape index (κ3) is 6.45. The summed E-state index contributed by atoms with van der Waals surface area (Å²) in [5, 5.41) is 2.70. The lowest BCUT2D eigenvalue weighted by Gasteiger charge is -2.37. The number of alkyl halides is 3. The molecule has 1 aliphatic rings. The van der Waals surface area contributed by atoms with Gasteiger partial charge in [-0.3, -0.25) is 9.59 Å². The number of likely N-dealkylation sites (N-methyl/N-ethyl adjacent to an activating group) is 1. The number of halogens is 3. The lowest BCUT2D eigenvalue weighted by Crippen LogP contribution is -2.45. The molecule has 0 saturated carbocycles. The van der Waals surface area contributed by atoms with E-state index in [1.807, 2.05) is 0 Å². The second-order valence-electron chi connectivity index (χ2n) is 10.5. The van der Waals surface area contributed by atoms with Crippen molar-refractivity contribution in [3.8, 4) is 17.2 Å². The van der Waals surface area contributed by atoms with Crippen LogP contribution in [0.5, 0.6) is 17.2 Å². The van der Waals surface area contributed by atoms with Crippen molar-refractivity contribution in [2.24, 2.45) is 0 Å². The van der Waals surface area contributed by atoms with Crippen molar-refractivity contribution in [2.75, 3.05) is 19.5 Å². The quantitative estimate of drug-likeness (QED) is 0.433. The van der Waals surface area contributed by atoms with Crippen molar-refractivity contribution in [3.63, 3.8) is 0 Å². The molecule has 7 nitrogen and oxygen atoms in total. The minimum Gasteiger partial charge on any atom is -0.495 e. The first-order valence-electron chi connectivity index (χ1n) is 11.8. The smallest absolute Gasteiger partial charge is 0.416 e. The second-order valence-corrected chi connectivity index (χ2v) is 15.3. The number of hydrogen-bond donors (Lipinski definition) is 1. The average molecular weight is 539 g/mol. The number of carbonyl (C=O) groups excluding carboxylic acids is 2. The molecule has 1 N–H and O–H groups in total. The van der Waals surface area contributed by atoms with Crippen LogP contribution in [0.15, 0.2) is 42.5 Å². The number of amides is 2. The Balaban J connectivity index is 1.75. The van der Waals surface area contributed by atoms with Gasteiger partial charge in [0.2, 0.25) is 5.91 Å². The number of carbonyl (C=O) groups is 2. The van der Waals surface area contributed by atoms with Gasteiger partial charge < -0.3 is 24.1 Å². The molecule has 1 saturated heterocycles. The minimum absolute atomic E-state index is 0.0902. The zero-order chi connectivity index (χ0) is 27.8. The van der Waals surface area contributed by atoms with Crippen LogP contribution in [0.25, 0.3) is 0 Å². The molecule has 1 heterocycles. The fourth-order valence-corrected chi connectivity index (χ4v) is 4.93. The molecular weight excluding hydrogens is 505 g/mol. The first-order chi connectivity index (χ1) is 17.0. The molecule has 0 aromatic heterocycles. The van der Waals surface area contributed by atoms with Gasteiger partial charge in [-0.1, -0.05) is 20.8 Å². The molecule has 2 amide bonds. The van der Waals surface area contributed by atoms with Crippen molar-refractivity contribution in [1.29, 1.82) is 0 Å². The molecule has 11 heteroatoms. The molecule has 1 fully saturated rings. The summed E-state index contributed by atoms with van der Waals surface area (Å²) in [6.07, 6.45) is -4.92. The summed E-state index contributed by atoms with van der Waals surface area (Å²) in [4.78, 5) is 27.5. The van der Waals surface area contributed by atoms with Crippen LogP contribution < -0.4 is 14.8 Å². The van der Waals surface area contributed by atoms with Gasteiger partial charge in [0.05, 0.1) is 18.4 Å². The highest BCUT2D eigenvalue weighted by molar-refractivity contribution is 6.74. The first-order valence-corrected chi connectivity index (χ1v) is 14.7. The van der Waals surface area contributed by atoms with Crippen LogP contribution in [-0.4, -0.2) is 51.3 Å². The highest BCUT2D eigenvalue weighted by Gasteiger charge is 2.47. The Morgan fingerprint density at radius 2 is 1.65 bits per heavy atom. The fraction of sp³-hybridized carbons (Fsp3) is 0.462. The minimum atomic E-state index is -4.44. The molecule has 0 aliphatic carbocycles. The van der Waals surface area contributed by atoms with E-state index in [1.54, 1.807) is 19.2 Å². The summed E-state index contributed by atoms with van der Waals surface area (Å²) < 4.78 is 55.8. The van der Waals surface area contributed by atoms with Crippen LogP contribution >= 0.6 is 0 Å². The van der Waals surface area contributed by atoms with Crippen LogP contribution in [0.4, 0.5) is 18.9 Å². The zero-order valence-electron chi connectivity index (χ0n) is 22.0. The lowest BCUT2D eigenvalue weighted by atomic mass is 10.1. The number of rotatable bonds is 7. The normalized spacial score (nSPS) is 18.6. The Bertz CT molecular complexity index is 1150. The standard InChI is InChI=1S/C26H33F3N2O5Si/c1-25(2,3)37(6,7)36-22-15-20(31(4)24(22)33)23(32)30-19-14-18(12-13-21(19)34-5)35-17-10-8-16(9-11-17)26(27,28)29/h8-14,20,22H,15H2,1-7H3,(H,30,32)/t20-,22-/m0/s1. The number of benzene rings is 2. The maximum atomic E-state index is 13.2. The van der Waals surface area contributed by atoms with E-state index in [9.17, 15) is 22.8 Å². The summed E-state index contributed by atoms with van der Waals surface area (Å²) >= 11 is 0. The number of hydrogen-bond acceptors (Lipinski definition) is 5. The largest absolute Gasteiger partial charge is 0.495 e. The van der Waals surface area contributed by atoms with Gasteiger partial charge in [0.15, 0.2) is 8.32 Å². The third-order valence-corrected chi connectivity index (χ3v) is 11.4. The Labute approximate surface area is 216 Å². The average Bonchev–Trinajstić information content (AvgIpc) is 3.06. The molecule has 3 rings (SSSR count). The summed E-state index contributed by atoms with van der Waals surface area (Å²) in [7, 11) is 0.781.